The lowest BCUT2D eigenvalue weighted by Crippen LogP contribution is -2.37. The van der Waals surface area contributed by atoms with Crippen LogP contribution < -0.4 is 5.32 Å². The molecule has 3 rings (SSSR count). The van der Waals surface area contributed by atoms with Gasteiger partial charge >= 0.3 is 0 Å². The summed E-state index contributed by atoms with van der Waals surface area (Å²) in [7, 11) is 0. The minimum atomic E-state index is 0.0521. The van der Waals surface area contributed by atoms with Crippen LogP contribution in [0.3, 0.4) is 0 Å². The van der Waals surface area contributed by atoms with E-state index >= 15 is 0 Å². The molecule has 0 bridgehead atoms. The second kappa shape index (κ2) is 5.94. The molecule has 0 spiro atoms. The van der Waals surface area contributed by atoms with Gasteiger partial charge in [-0.3, -0.25) is 0 Å². The van der Waals surface area contributed by atoms with Gasteiger partial charge in [0.25, 0.3) is 0 Å². The quantitative estimate of drug-likeness (QED) is 0.916. The summed E-state index contributed by atoms with van der Waals surface area (Å²) in [5, 5.41) is 4.55. The third kappa shape index (κ3) is 3.48. The topological polar surface area (TPSA) is 24.4 Å². The Bertz CT molecular complexity index is 581. The lowest BCUT2D eigenvalue weighted by atomic mass is 9.99. The Morgan fingerprint density at radius 3 is 1.90 bits per heavy atom. The molecule has 1 N–H and O–H groups in total. The van der Waals surface area contributed by atoms with Gasteiger partial charge in [0.2, 0.25) is 0 Å². The van der Waals surface area contributed by atoms with E-state index in [1.807, 2.05) is 12.1 Å². The van der Waals surface area contributed by atoms with Crippen LogP contribution in [-0.2, 0) is 0 Å². The van der Waals surface area contributed by atoms with Gasteiger partial charge in [0.15, 0.2) is 5.17 Å². The zero-order valence-electron chi connectivity index (χ0n) is 12.4. The molecule has 2 aromatic carbocycles. The molecule has 2 aromatic rings. The van der Waals surface area contributed by atoms with Crippen LogP contribution in [-0.4, -0.2) is 16.5 Å². The zero-order chi connectivity index (χ0) is 14.7. The van der Waals surface area contributed by atoms with Crippen LogP contribution in [0.2, 0.25) is 0 Å². The van der Waals surface area contributed by atoms with Crippen LogP contribution in [0.25, 0.3) is 0 Å². The number of hydrogen-bond acceptors (Lipinski definition) is 2. The van der Waals surface area contributed by atoms with E-state index in [4.69, 9.17) is 4.99 Å². The van der Waals surface area contributed by atoms with Crippen LogP contribution in [0.1, 0.15) is 31.0 Å². The van der Waals surface area contributed by atoms with E-state index in [9.17, 15) is 0 Å². The Morgan fingerprint density at radius 1 is 0.952 bits per heavy atom. The fourth-order valence-electron chi connectivity index (χ4n) is 2.41. The molecule has 1 aliphatic heterocycles. The highest BCUT2D eigenvalue weighted by Gasteiger charge is 2.28. The maximum Gasteiger partial charge on any atom is 0.158 e. The van der Waals surface area contributed by atoms with E-state index in [0.717, 1.165) is 10.9 Å². The van der Waals surface area contributed by atoms with Gasteiger partial charge in [-0.15, -0.1) is 0 Å². The molecular weight excluding hydrogens is 276 g/mol. The van der Waals surface area contributed by atoms with Crippen molar-refractivity contribution in [2.75, 3.05) is 5.75 Å². The summed E-state index contributed by atoms with van der Waals surface area (Å²) < 4.78 is 0. The molecule has 0 amide bonds. The molecule has 1 saturated heterocycles. The smallest absolute Gasteiger partial charge is 0.158 e. The number of aliphatic imine (C=N–C) groups is 1. The van der Waals surface area contributed by atoms with Crippen molar-refractivity contribution in [2.45, 2.75) is 25.4 Å². The minimum Gasteiger partial charge on any atom is -0.359 e. The van der Waals surface area contributed by atoms with Crippen molar-refractivity contribution in [1.82, 2.24) is 5.32 Å². The molecule has 1 fully saturated rings. The number of hydrogen-bond donors (Lipinski definition) is 1. The number of amidine groups is 1. The first kappa shape index (κ1) is 14.2. The number of benzene rings is 2. The summed E-state index contributed by atoms with van der Waals surface area (Å²) >= 11 is 1.81. The molecule has 0 unspecified atom stereocenters. The highest BCUT2D eigenvalue weighted by molar-refractivity contribution is 8.14. The molecule has 0 aliphatic carbocycles. The predicted molar refractivity (Wildman–Crippen MR) is 91.8 cm³/mol. The third-order valence-electron chi connectivity index (χ3n) is 3.49. The molecule has 0 atom stereocenters. The van der Waals surface area contributed by atoms with Crippen molar-refractivity contribution in [1.29, 1.82) is 0 Å². The summed E-state index contributed by atoms with van der Waals surface area (Å²) in [6.07, 6.45) is 0. The average molecular weight is 296 g/mol. The van der Waals surface area contributed by atoms with Gasteiger partial charge < -0.3 is 5.32 Å². The van der Waals surface area contributed by atoms with E-state index in [1.165, 1.54) is 11.1 Å². The van der Waals surface area contributed by atoms with Crippen LogP contribution in [0.4, 0.5) is 0 Å². The van der Waals surface area contributed by atoms with E-state index < -0.39 is 0 Å². The molecule has 0 saturated carbocycles. The normalized spacial score (nSPS) is 18.9. The summed E-state index contributed by atoms with van der Waals surface area (Å²) in [5.41, 5.74) is 2.58. The van der Waals surface area contributed by atoms with Gasteiger partial charge in [-0.1, -0.05) is 72.4 Å². The summed E-state index contributed by atoms with van der Waals surface area (Å²) in [6, 6.07) is 21.0. The molecule has 0 aromatic heterocycles. The molecular formula is C18H20N2S. The van der Waals surface area contributed by atoms with Crippen molar-refractivity contribution in [3.8, 4) is 0 Å². The van der Waals surface area contributed by atoms with Crippen molar-refractivity contribution >= 4 is 16.9 Å². The SMILES string of the molecule is CC1(C)CSC(=NC(c2ccccc2)c2ccccc2)N1. The first-order chi connectivity index (χ1) is 10.1. The summed E-state index contributed by atoms with van der Waals surface area (Å²) in [5.74, 6) is 1.06. The van der Waals surface area contributed by atoms with Crippen LogP contribution in [0.5, 0.6) is 0 Å². The van der Waals surface area contributed by atoms with Gasteiger partial charge in [-0.25, -0.2) is 4.99 Å². The number of thioether (sulfide) groups is 1. The number of rotatable bonds is 3. The highest BCUT2D eigenvalue weighted by Crippen LogP contribution is 2.30. The van der Waals surface area contributed by atoms with Crippen molar-refractivity contribution in [3.05, 3.63) is 71.8 Å². The second-order valence-corrected chi connectivity index (χ2v) is 6.92. The molecule has 108 valence electrons. The van der Waals surface area contributed by atoms with Gasteiger partial charge in [0.05, 0.1) is 0 Å². The highest BCUT2D eigenvalue weighted by atomic mass is 32.2. The molecule has 2 nitrogen and oxygen atoms in total. The Kier molecular flexibility index (Phi) is 4.02. The average Bonchev–Trinajstić information content (AvgIpc) is 2.86. The second-order valence-electron chi connectivity index (χ2n) is 5.96. The largest absolute Gasteiger partial charge is 0.359 e. The lowest BCUT2D eigenvalue weighted by Gasteiger charge is -2.18. The Hall–Kier alpha value is -1.74. The molecule has 1 heterocycles. The van der Waals surface area contributed by atoms with E-state index in [-0.39, 0.29) is 11.6 Å². The van der Waals surface area contributed by atoms with Crippen molar-refractivity contribution < 1.29 is 0 Å². The minimum absolute atomic E-state index is 0.0521. The van der Waals surface area contributed by atoms with Crippen LogP contribution in [0, 0.1) is 0 Å². The van der Waals surface area contributed by atoms with E-state index in [1.54, 1.807) is 11.8 Å². The Morgan fingerprint density at radius 2 is 1.48 bits per heavy atom. The Labute approximate surface area is 130 Å². The van der Waals surface area contributed by atoms with Crippen LogP contribution in [0.15, 0.2) is 65.7 Å². The fourth-order valence-corrected chi connectivity index (χ4v) is 3.51. The van der Waals surface area contributed by atoms with Crippen molar-refractivity contribution in [3.63, 3.8) is 0 Å². The van der Waals surface area contributed by atoms with E-state index in [0.29, 0.717) is 0 Å². The van der Waals surface area contributed by atoms with Gasteiger partial charge in [-0.2, -0.15) is 0 Å². The fraction of sp³-hybridized carbons (Fsp3) is 0.278. The van der Waals surface area contributed by atoms with Crippen LogP contribution >= 0.6 is 11.8 Å². The lowest BCUT2D eigenvalue weighted by molar-refractivity contribution is 0.535. The standard InChI is InChI=1S/C18H20N2S/c1-18(2)13-21-17(20-18)19-16(14-9-5-3-6-10-14)15-11-7-4-8-12-15/h3-12,16H,13H2,1-2H3,(H,19,20). The van der Waals surface area contributed by atoms with Gasteiger partial charge in [0.1, 0.15) is 6.04 Å². The van der Waals surface area contributed by atoms with E-state index in [2.05, 4.69) is 67.7 Å². The third-order valence-corrected chi connectivity index (χ3v) is 4.84. The first-order valence-corrected chi connectivity index (χ1v) is 8.21. The predicted octanol–water partition coefficient (Wildman–Crippen LogP) is 4.25. The Balaban J connectivity index is 1.96. The van der Waals surface area contributed by atoms with Crippen molar-refractivity contribution in [2.24, 2.45) is 4.99 Å². The van der Waals surface area contributed by atoms with Gasteiger partial charge in [-0.05, 0) is 25.0 Å². The summed E-state index contributed by atoms with van der Waals surface area (Å²) in [4.78, 5) is 4.98. The maximum atomic E-state index is 4.98. The molecule has 1 aliphatic rings. The zero-order valence-corrected chi connectivity index (χ0v) is 13.2. The summed E-state index contributed by atoms with van der Waals surface area (Å²) in [6.45, 7) is 4.42. The van der Waals surface area contributed by atoms with Gasteiger partial charge in [0, 0.05) is 11.3 Å². The maximum absolute atomic E-state index is 4.98. The number of nitrogens with one attached hydrogen (secondary N) is 1. The molecule has 0 radical (unpaired) electrons. The molecule has 3 heteroatoms. The number of nitrogens with zero attached hydrogens (tertiary/aromatic N) is 1. The monoisotopic (exact) mass is 296 g/mol. The molecule has 21 heavy (non-hydrogen) atoms. The first-order valence-electron chi connectivity index (χ1n) is 7.23.